The number of amides is 1. The van der Waals surface area contributed by atoms with Crippen molar-refractivity contribution in [1.82, 2.24) is 5.32 Å². The lowest BCUT2D eigenvalue weighted by Crippen LogP contribution is -2.39. The second-order valence-electron chi connectivity index (χ2n) is 2.28. The summed E-state index contributed by atoms with van der Waals surface area (Å²) in [6.07, 6.45) is 0. The van der Waals surface area contributed by atoms with Crippen molar-refractivity contribution in [3.8, 4) is 0 Å². The van der Waals surface area contributed by atoms with Crippen LogP contribution in [0.5, 0.6) is 0 Å². The van der Waals surface area contributed by atoms with Gasteiger partial charge in [-0.15, -0.1) is 0 Å². The predicted molar refractivity (Wildman–Crippen MR) is 40.5 cm³/mol. The Morgan fingerprint density at radius 2 is 1.92 bits per heavy atom. The Morgan fingerprint density at radius 1 is 1.42 bits per heavy atom. The summed E-state index contributed by atoms with van der Waals surface area (Å²) in [6, 6.07) is 0. The third kappa shape index (κ3) is 2.69. The minimum atomic E-state index is -1.56. The molecule has 0 bridgehead atoms. The first kappa shape index (κ1) is 10.6. The fourth-order valence-corrected chi connectivity index (χ4v) is 0.747. The van der Waals surface area contributed by atoms with E-state index in [0.29, 0.717) is 6.54 Å². The van der Waals surface area contributed by atoms with Gasteiger partial charge in [-0.25, -0.2) is 0 Å². The van der Waals surface area contributed by atoms with Crippen molar-refractivity contribution in [2.45, 2.75) is 13.8 Å². The van der Waals surface area contributed by atoms with E-state index in [1.165, 1.54) is 0 Å². The van der Waals surface area contributed by atoms with E-state index in [1.54, 1.807) is 6.92 Å². The van der Waals surface area contributed by atoms with Gasteiger partial charge in [0, 0.05) is 6.54 Å². The SMILES string of the molecule is CCNC(=O)C(C(C)=O)C(=O)O. The van der Waals surface area contributed by atoms with Gasteiger partial charge in [0.1, 0.15) is 0 Å². The summed E-state index contributed by atoms with van der Waals surface area (Å²) >= 11 is 0. The van der Waals surface area contributed by atoms with Crippen LogP contribution in [0, 0.1) is 5.92 Å². The first-order chi connectivity index (χ1) is 5.50. The second kappa shape index (κ2) is 4.48. The number of ketones is 1. The molecule has 0 aromatic rings. The number of hydrogen-bond donors (Lipinski definition) is 2. The van der Waals surface area contributed by atoms with Gasteiger partial charge in [0.2, 0.25) is 5.91 Å². The normalized spacial score (nSPS) is 11.8. The molecule has 0 aliphatic heterocycles. The van der Waals surface area contributed by atoms with Crippen LogP contribution < -0.4 is 5.32 Å². The number of rotatable bonds is 4. The maximum atomic E-state index is 10.9. The monoisotopic (exact) mass is 173 g/mol. The molecule has 0 aliphatic rings. The standard InChI is InChI=1S/C7H11NO4/c1-3-8-6(10)5(4(2)9)7(11)12/h5H,3H2,1-2H3,(H,8,10)(H,11,12). The van der Waals surface area contributed by atoms with Crippen LogP contribution in [0.25, 0.3) is 0 Å². The van der Waals surface area contributed by atoms with Crippen molar-refractivity contribution in [2.24, 2.45) is 5.92 Å². The van der Waals surface area contributed by atoms with Crippen molar-refractivity contribution < 1.29 is 19.5 Å². The molecule has 12 heavy (non-hydrogen) atoms. The molecule has 5 heteroatoms. The molecule has 1 unspecified atom stereocenters. The van der Waals surface area contributed by atoms with Gasteiger partial charge in [-0.1, -0.05) is 0 Å². The van der Waals surface area contributed by atoms with E-state index in [4.69, 9.17) is 5.11 Å². The summed E-state index contributed by atoms with van der Waals surface area (Å²) in [4.78, 5) is 31.9. The number of hydrogen-bond acceptors (Lipinski definition) is 3. The Kier molecular flexibility index (Phi) is 3.96. The number of carbonyl (C=O) groups is 3. The van der Waals surface area contributed by atoms with Crippen LogP contribution >= 0.6 is 0 Å². The van der Waals surface area contributed by atoms with Gasteiger partial charge in [0.05, 0.1) is 0 Å². The van der Waals surface area contributed by atoms with Crippen molar-refractivity contribution in [1.29, 1.82) is 0 Å². The summed E-state index contributed by atoms with van der Waals surface area (Å²) in [5.74, 6) is -4.38. The minimum absolute atomic E-state index is 0.315. The van der Waals surface area contributed by atoms with Crippen molar-refractivity contribution in [2.75, 3.05) is 6.54 Å². The fraction of sp³-hybridized carbons (Fsp3) is 0.571. The Morgan fingerprint density at radius 3 is 2.17 bits per heavy atom. The lowest BCUT2D eigenvalue weighted by Gasteiger charge is -2.07. The lowest BCUT2D eigenvalue weighted by molar-refractivity contribution is -0.150. The maximum Gasteiger partial charge on any atom is 0.323 e. The van der Waals surface area contributed by atoms with E-state index in [9.17, 15) is 14.4 Å². The average Bonchev–Trinajstić information content (AvgIpc) is 1.85. The van der Waals surface area contributed by atoms with Crippen LogP contribution in [-0.4, -0.2) is 29.3 Å². The smallest absolute Gasteiger partial charge is 0.323 e. The Bertz CT molecular complexity index is 197. The summed E-state index contributed by atoms with van der Waals surface area (Å²) in [5, 5.41) is 10.7. The Labute approximate surface area is 69.8 Å². The molecular formula is C7H11NO4. The van der Waals surface area contributed by atoms with E-state index in [0.717, 1.165) is 6.92 Å². The van der Waals surface area contributed by atoms with E-state index >= 15 is 0 Å². The van der Waals surface area contributed by atoms with E-state index in [2.05, 4.69) is 5.32 Å². The first-order valence-corrected chi connectivity index (χ1v) is 3.51. The molecule has 0 saturated carbocycles. The number of carbonyl (C=O) groups excluding carboxylic acids is 2. The Hall–Kier alpha value is -1.39. The van der Waals surface area contributed by atoms with Crippen LogP contribution in [0.1, 0.15) is 13.8 Å². The number of Topliss-reactive ketones (excluding diaryl/α,β-unsaturated/α-hetero) is 1. The quantitative estimate of drug-likeness (QED) is 0.557. The highest BCUT2D eigenvalue weighted by Gasteiger charge is 2.30. The van der Waals surface area contributed by atoms with E-state index < -0.39 is 23.6 Å². The van der Waals surface area contributed by atoms with Crippen LogP contribution in [-0.2, 0) is 14.4 Å². The zero-order valence-corrected chi connectivity index (χ0v) is 6.96. The van der Waals surface area contributed by atoms with Crippen LogP contribution in [0.15, 0.2) is 0 Å². The molecule has 0 aromatic carbocycles. The van der Waals surface area contributed by atoms with Gasteiger partial charge in [-0.05, 0) is 13.8 Å². The molecule has 0 heterocycles. The second-order valence-corrected chi connectivity index (χ2v) is 2.28. The highest BCUT2D eigenvalue weighted by Crippen LogP contribution is 1.98. The summed E-state index contributed by atoms with van der Waals surface area (Å²) in [5.41, 5.74) is 0. The minimum Gasteiger partial charge on any atom is -0.480 e. The number of carboxylic acids is 1. The van der Waals surface area contributed by atoms with Crippen LogP contribution in [0.4, 0.5) is 0 Å². The third-order valence-electron chi connectivity index (χ3n) is 1.27. The molecule has 1 atom stereocenters. The van der Waals surface area contributed by atoms with E-state index in [-0.39, 0.29) is 0 Å². The molecule has 2 N–H and O–H groups in total. The molecule has 0 rings (SSSR count). The molecule has 1 amide bonds. The number of nitrogens with one attached hydrogen (secondary N) is 1. The zero-order valence-electron chi connectivity index (χ0n) is 6.96. The molecule has 0 spiro atoms. The summed E-state index contributed by atoms with van der Waals surface area (Å²) < 4.78 is 0. The van der Waals surface area contributed by atoms with Gasteiger partial charge in [-0.3, -0.25) is 14.4 Å². The highest BCUT2D eigenvalue weighted by molar-refractivity contribution is 6.15. The molecule has 5 nitrogen and oxygen atoms in total. The van der Waals surface area contributed by atoms with Crippen molar-refractivity contribution in [3.63, 3.8) is 0 Å². The topological polar surface area (TPSA) is 83.5 Å². The summed E-state index contributed by atoms with van der Waals surface area (Å²) in [6.45, 7) is 3.04. The zero-order chi connectivity index (χ0) is 9.72. The van der Waals surface area contributed by atoms with Gasteiger partial charge in [0.15, 0.2) is 11.7 Å². The van der Waals surface area contributed by atoms with E-state index in [1.807, 2.05) is 0 Å². The largest absolute Gasteiger partial charge is 0.480 e. The van der Waals surface area contributed by atoms with Gasteiger partial charge in [-0.2, -0.15) is 0 Å². The van der Waals surface area contributed by atoms with Crippen molar-refractivity contribution in [3.05, 3.63) is 0 Å². The molecule has 0 saturated heterocycles. The molecule has 0 fully saturated rings. The fourth-order valence-electron chi connectivity index (χ4n) is 0.747. The van der Waals surface area contributed by atoms with Crippen LogP contribution in [0.2, 0.25) is 0 Å². The van der Waals surface area contributed by atoms with Gasteiger partial charge >= 0.3 is 5.97 Å². The molecule has 0 aromatic heterocycles. The average molecular weight is 173 g/mol. The molecule has 0 radical (unpaired) electrons. The van der Waals surface area contributed by atoms with Crippen LogP contribution in [0.3, 0.4) is 0 Å². The first-order valence-electron chi connectivity index (χ1n) is 3.51. The molecule has 0 aliphatic carbocycles. The van der Waals surface area contributed by atoms with Gasteiger partial charge < -0.3 is 10.4 Å². The molecule has 68 valence electrons. The number of carboxylic acid groups (broad SMARTS) is 1. The summed E-state index contributed by atoms with van der Waals surface area (Å²) in [7, 11) is 0. The third-order valence-corrected chi connectivity index (χ3v) is 1.27. The lowest BCUT2D eigenvalue weighted by atomic mass is 10.1. The predicted octanol–water partition coefficient (Wildman–Crippen LogP) is -0.588. The Balaban J connectivity index is 4.41. The number of aliphatic carboxylic acids is 1. The van der Waals surface area contributed by atoms with Gasteiger partial charge in [0.25, 0.3) is 0 Å². The van der Waals surface area contributed by atoms with Crippen molar-refractivity contribution >= 4 is 17.7 Å². The highest BCUT2D eigenvalue weighted by atomic mass is 16.4. The maximum absolute atomic E-state index is 10.9. The molecular weight excluding hydrogens is 162 g/mol.